The molecule has 2 aliphatic rings. The van der Waals surface area contributed by atoms with Crippen molar-refractivity contribution in [2.24, 2.45) is 0 Å². The van der Waals surface area contributed by atoms with Crippen LogP contribution in [-0.2, 0) is 4.74 Å². The van der Waals surface area contributed by atoms with E-state index in [1.807, 2.05) is 38.1 Å². The number of ether oxygens (including phenoxy) is 2. The molecule has 0 amide bonds. The summed E-state index contributed by atoms with van der Waals surface area (Å²) in [4.78, 5) is 21.3. The van der Waals surface area contributed by atoms with Crippen LogP contribution in [0.2, 0.25) is 5.02 Å². The van der Waals surface area contributed by atoms with Crippen molar-refractivity contribution in [2.75, 3.05) is 60.6 Å². The summed E-state index contributed by atoms with van der Waals surface area (Å²) in [6.07, 6.45) is 1.90. The summed E-state index contributed by atoms with van der Waals surface area (Å²) in [5.74, 6) is 3.34. The first kappa shape index (κ1) is 24.6. The fourth-order valence-electron chi connectivity index (χ4n) is 4.72. The minimum atomic E-state index is 0.106. The zero-order valence-corrected chi connectivity index (χ0v) is 21.9. The third-order valence-corrected chi connectivity index (χ3v) is 6.75. The van der Waals surface area contributed by atoms with Gasteiger partial charge in [0.2, 0.25) is 5.95 Å². The summed E-state index contributed by atoms with van der Waals surface area (Å²) < 4.78 is 11.5. The Balaban J connectivity index is 1.46. The molecule has 2 aliphatic heterocycles. The van der Waals surface area contributed by atoms with Gasteiger partial charge in [0, 0.05) is 56.6 Å². The van der Waals surface area contributed by atoms with E-state index in [1.165, 1.54) is 0 Å². The molecule has 36 heavy (non-hydrogen) atoms. The largest absolute Gasteiger partial charge is 0.491 e. The van der Waals surface area contributed by atoms with Crippen molar-refractivity contribution in [1.29, 1.82) is 0 Å². The van der Waals surface area contributed by atoms with Gasteiger partial charge in [-0.05, 0) is 45.0 Å². The second-order valence-corrected chi connectivity index (χ2v) is 9.91. The van der Waals surface area contributed by atoms with Crippen molar-refractivity contribution in [1.82, 2.24) is 15.0 Å². The van der Waals surface area contributed by atoms with Gasteiger partial charge < -0.3 is 24.2 Å². The van der Waals surface area contributed by atoms with Crippen LogP contribution in [0.3, 0.4) is 0 Å². The number of hydrogen-bond donors (Lipinski definition) is 0. The Morgan fingerprint density at radius 1 is 1.00 bits per heavy atom. The van der Waals surface area contributed by atoms with Crippen LogP contribution < -0.4 is 19.4 Å². The molecule has 9 heteroatoms. The maximum Gasteiger partial charge on any atom is 0.228 e. The minimum Gasteiger partial charge on any atom is -0.491 e. The Hall–Kier alpha value is -3.10. The monoisotopic (exact) mass is 508 g/mol. The van der Waals surface area contributed by atoms with Crippen molar-refractivity contribution >= 4 is 29.2 Å². The van der Waals surface area contributed by atoms with Crippen LogP contribution >= 0.6 is 11.6 Å². The highest BCUT2D eigenvalue weighted by Crippen LogP contribution is 2.31. The lowest BCUT2D eigenvalue weighted by Gasteiger charge is -2.41. The Bertz CT molecular complexity index is 1190. The summed E-state index contributed by atoms with van der Waals surface area (Å²) in [6.45, 7) is 11.6. The lowest BCUT2D eigenvalue weighted by molar-refractivity contribution is 0.122. The summed E-state index contributed by atoms with van der Waals surface area (Å²) in [7, 11) is 0. The topological polar surface area (TPSA) is 66.9 Å². The Labute approximate surface area is 217 Å². The molecule has 1 aromatic carbocycles. The number of anilines is 3. The molecule has 3 aromatic rings. The van der Waals surface area contributed by atoms with Crippen LogP contribution in [0.15, 0.2) is 48.7 Å². The van der Waals surface area contributed by atoms with Gasteiger partial charge in [-0.1, -0.05) is 23.7 Å². The molecule has 5 rings (SSSR count). The minimum absolute atomic E-state index is 0.106. The van der Waals surface area contributed by atoms with Gasteiger partial charge in [0.1, 0.15) is 17.4 Å². The Morgan fingerprint density at radius 2 is 1.83 bits per heavy atom. The number of nitrogens with zero attached hydrogens (tertiary/aromatic N) is 6. The van der Waals surface area contributed by atoms with E-state index in [4.69, 9.17) is 31.0 Å². The molecule has 4 heterocycles. The van der Waals surface area contributed by atoms with Gasteiger partial charge in [-0.15, -0.1) is 0 Å². The third kappa shape index (κ3) is 5.50. The fourth-order valence-corrected chi connectivity index (χ4v) is 4.96. The molecule has 0 aliphatic carbocycles. The molecule has 2 fully saturated rings. The van der Waals surface area contributed by atoms with E-state index in [1.54, 1.807) is 6.20 Å². The van der Waals surface area contributed by atoms with Gasteiger partial charge in [0.15, 0.2) is 0 Å². The highest BCUT2D eigenvalue weighted by Gasteiger charge is 2.28. The normalized spacial score (nSPS) is 18.6. The zero-order chi connectivity index (χ0) is 25.1. The molecule has 0 saturated carbocycles. The molecule has 0 radical (unpaired) electrons. The average molecular weight is 509 g/mol. The number of rotatable bonds is 6. The molecule has 8 nitrogen and oxygen atoms in total. The average Bonchev–Trinajstić information content (AvgIpc) is 2.89. The first-order valence-electron chi connectivity index (χ1n) is 12.6. The van der Waals surface area contributed by atoms with Crippen molar-refractivity contribution < 1.29 is 9.47 Å². The number of aromatic nitrogens is 3. The van der Waals surface area contributed by atoms with Crippen molar-refractivity contribution in [3.8, 4) is 17.0 Å². The quantitative estimate of drug-likeness (QED) is 0.481. The molecule has 190 valence electrons. The molecule has 0 bridgehead atoms. The number of pyridine rings is 1. The maximum absolute atomic E-state index is 6.43. The predicted molar refractivity (Wildman–Crippen MR) is 145 cm³/mol. The van der Waals surface area contributed by atoms with Crippen LogP contribution in [0.4, 0.5) is 17.6 Å². The van der Waals surface area contributed by atoms with E-state index < -0.39 is 0 Å². The predicted octanol–water partition coefficient (Wildman–Crippen LogP) is 4.53. The molecule has 2 saturated heterocycles. The van der Waals surface area contributed by atoms with E-state index in [2.05, 4.69) is 44.8 Å². The summed E-state index contributed by atoms with van der Waals surface area (Å²) in [6, 6.07) is 14.2. The molecule has 0 spiro atoms. The first-order valence-corrected chi connectivity index (χ1v) is 13.0. The smallest absolute Gasteiger partial charge is 0.228 e. The molecule has 1 atom stereocenters. The molecule has 2 aromatic heterocycles. The van der Waals surface area contributed by atoms with Gasteiger partial charge in [-0.2, -0.15) is 4.98 Å². The van der Waals surface area contributed by atoms with E-state index in [9.17, 15) is 0 Å². The van der Waals surface area contributed by atoms with Gasteiger partial charge >= 0.3 is 0 Å². The van der Waals surface area contributed by atoms with Crippen molar-refractivity contribution in [3.63, 3.8) is 0 Å². The van der Waals surface area contributed by atoms with Gasteiger partial charge in [-0.3, -0.25) is 0 Å². The molecular formula is C27H33ClN6O2. The Morgan fingerprint density at radius 3 is 2.58 bits per heavy atom. The summed E-state index contributed by atoms with van der Waals surface area (Å²) in [5, 5.41) is 0.681. The Kier molecular flexibility index (Phi) is 7.43. The van der Waals surface area contributed by atoms with Crippen LogP contribution in [0.5, 0.6) is 5.75 Å². The third-order valence-electron chi connectivity index (χ3n) is 6.46. The summed E-state index contributed by atoms with van der Waals surface area (Å²) >= 11 is 6.43. The lowest BCUT2D eigenvalue weighted by atomic mass is 10.1. The van der Waals surface area contributed by atoms with Crippen molar-refractivity contribution in [2.45, 2.75) is 32.9 Å². The van der Waals surface area contributed by atoms with E-state index >= 15 is 0 Å². The summed E-state index contributed by atoms with van der Waals surface area (Å²) in [5.41, 5.74) is 1.90. The zero-order valence-electron chi connectivity index (χ0n) is 21.1. The number of hydrogen-bond acceptors (Lipinski definition) is 8. The van der Waals surface area contributed by atoms with E-state index in [0.29, 0.717) is 18.2 Å². The second kappa shape index (κ2) is 10.9. The van der Waals surface area contributed by atoms with Gasteiger partial charge in [-0.25, -0.2) is 9.97 Å². The molecule has 0 N–H and O–H groups in total. The number of piperazine rings is 1. The van der Waals surface area contributed by atoms with Crippen LogP contribution in [0, 0.1) is 0 Å². The van der Waals surface area contributed by atoms with Crippen LogP contribution in [0.25, 0.3) is 11.3 Å². The maximum atomic E-state index is 6.43. The van der Waals surface area contributed by atoms with Gasteiger partial charge in [0.05, 0.1) is 30.0 Å². The van der Waals surface area contributed by atoms with E-state index in [-0.39, 0.29) is 12.1 Å². The molecule has 0 unspecified atom stereocenters. The SMILES string of the molecule is CC(C)Oc1cccc(-c2cc(N3CCN(c4ncccc4Cl)C[C@H]3C)nc(N3CCOCC3)n2)c1. The molecular weight excluding hydrogens is 476 g/mol. The number of halogens is 1. The highest BCUT2D eigenvalue weighted by atomic mass is 35.5. The second-order valence-electron chi connectivity index (χ2n) is 9.50. The standard InChI is InChI=1S/C27H33ClN6O2/c1-19(2)36-22-7-4-6-21(16-22)24-17-25(31-27(30-24)32-12-14-35-15-13-32)34-11-10-33(18-20(34)3)26-23(28)8-5-9-29-26/h4-9,16-17,19-20H,10-15,18H2,1-3H3/t20-/m1/s1. The van der Waals surface area contributed by atoms with Crippen LogP contribution in [0.1, 0.15) is 20.8 Å². The lowest BCUT2D eigenvalue weighted by Crippen LogP contribution is -2.53. The first-order chi connectivity index (χ1) is 17.5. The van der Waals surface area contributed by atoms with Gasteiger partial charge in [0.25, 0.3) is 0 Å². The van der Waals surface area contributed by atoms with Crippen LogP contribution in [-0.4, -0.2) is 73.0 Å². The van der Waals surface area contributed by atoms with E-state index in [0.717, 1.165) is 67.3 Å². The van der Waals surface area contributed by atoms with Crippen molar-refractivity contribution in [3.05, 3.63) is 53.7 Å². The fraction of sp³-hybridized carbons (Fsp3) is 0.444. The number of benzene rings is 1. The highest BCUT2D eigenvalue weighted by molar-refractivity contribution is 6.32. The number of morpholine rings is 1.